The van der Waals surface area contributed by atoms with Gasteiger partial charge < -0.3 is 9.80 Å². The van der Waals surface area contributed by atoms with Crippen molar-refractivity contribution < 1.29 is 4.79 Å². The van der Waals surface area contributed by atoms with Crippen LogP contribution in [0.2, 0.25) is 0 Å². The van der Waals surface area contributed by atoms with E-state index >= 15 is 0 Å². The van der Waals surface area contributed by atoms with E-state index in [4.69, 9.17) is 0 Å². The van der Waals surface area contributed by atoms with Crippen LogP contribution >= 0.6 is 0 Å². The fourth-order valence-electron chi connectivity index (χ4n) is 2.85. The normalized spacial score (nSPS) is 10.4. The molecule has 0 aliphatic rings. The van der Waals surface area contributed by atoms with Gasteiger partial charge in [-0.15, -0.1) is 0 Å². The second kappa shape index (κ2) is 7.82. The summed E-state index contributed by atoms with van der Waals surface area (Å²) in [6.07, 6.45) is 0. The molecule has 0 spiro atoms. The van der Waals surface area contributed by atoms with Gasteiger partial charge in [-0.25, -0.2) is 0 Å². The van der Waals surface area contributed by atoms with E-state index in [0.717, 1.165) is 35.6 Å². The van der Waals surface area contributed by atoms with Gasteiger partial charge in [0.15, 0.2) is 0 Å². The maximum atomic E-state index is 12.9. The highest BCUT2D eigenvalue weighted by Crippen LogP contribution is 2.22. The van der Waals surface area contributed by atoms with Gasteiger partial charge in [0.1, 0.15) is 0 Å². The third-order valence-corrected chi connectivity index (χ3v) is 4.21. The molecule has 0 atom stereocenters. The van der Waals surface area contributed by atoms with Crippen LogP contribution < -0.4 is 9.80 Å². The Balaban J connectivity index is 2.26. The van der Waals surface area contributed by atoms with Crippen molar-refractivity contribution in [3.05, 3.63) is 59.7 Å². The Kier molecular flexibility index (Phi) is 5.80. The number of nitrogens with zero attached hydrogens (tertiary/aromatic N) is 2. The predicted molar refractivity (Wildman–Crippen MR) is 98.5 cm³/mol. The second-order valence-corrected chi connectivity index (χ2v) is 5.56. The molecule has 0 N–H and O–H groups in total. The van der Waals surface area contributed by atoms with E-state index in [1.165, 1.54) is 0 Å². The van der Waals surface area contributed by atoms with Gasteiger partial charge in [-0.2, -0.15) is 0 Å². The van der Waals surface area contributed by atoms with Gasteiger partial charge in [0.2, 0.25) is 0 Å². The van der Waals surface area contributed by atoms with E-state index in [1.54, 1.807) is 0 Å². The summed E-state index contributed by atoms with van der Waals surface area (Å²) in [4.78, 5) is 17.0. The van der Waals surface area contributed by atoms with Crippen molar-refractivity contribution in [2.75, 3.05) is 29.4 Å². The first-order valence-corrected chi connectivity index (χ1v) is 8.34. The summed E-state index contributed by atoms with van der Waals surface area (Å²) in [5.74, 6) is 0.0490. The summed E-state index contributed by atoms with van der Waals surface area (Å²) < 4.78 is 0. The minimum atomic E-state index is 0.0490. The third-order valence-electron chi connectivity index (χ3n) is 4.21. The van der Waals surface area contributed by atoms with Crippen LogP contribution in [-0.2, 0) is 0 Å². The minimum Gasteiger partial charge on any atom is -0.372 e. The molecule has 0 bridgehead atoms. The lowest BCUT2D eigenvalue weighted by molar-refractivity contribution is 0.0988. The minimum absolute atomic E-state index is 0.0490. The molecule has 0 unspecified atom stereocenters. The monoisotopic (exact) mass is 310 g/mol. The molecule has 23 heavy (non-hydrogen) atoms. The Morgan fingerprint density at radius 3 is 2.00 bits per heavy atom. The highest BCUT2D eigenvalue weighted by Gasteiger charge is 2.17. The number of amides is 1. The number of rotatable bonds is 6. The second-order valence-electron chi connectivity index (χ2n) is 5.56. The number of aryl methyl sites for hydroxylation is 1. The smallest absolute Gasteiger partial charge is 0.258 e. The highest BCUT2D eigenvalue weighted by molar-refractivity contribution is 6.06. The molecular formula is C20H26N2O. The standard InChI is InChI=1S/C20H26N2O/c1-5-21(6-2)18-14-12-17(13-15-18)20(23)22(7-3)19-11-9-8-10-16(19)4/h8-15H,5-7H2,1-4H3. The van der Waals surface area contributed by atoms with Crippen LogP contribution in [0, 0.1) is 6.92 Å². The molecule has 0 radical (unpaired) electrons. The number of anilines is 2. The number of hydrogen-bond acceptors (Lipinski definition) is 2. The third kappa shape index (κ3) is 3.73. The van der Waals surface area contributed by atoms with Crippen molar-refractivity contribution in [2.24, 2.45) is 0 Å². The van der Waals surface area contributed by atoms with E-state index in [2.05, 4.69) is 18.7 Å². The average Bonchev–Trinajstić information content (AvgIpc) is 2.59. The van der Waals surface area contributed by atoms with Crippen LogP contribution in [0.15, 0.2) is 48.5 Å². The van der Waals surface area contributed by atoms with Crippen molar-refractivity contribution >= 4 is 17.3 Å². The SMILES string of the molecule is CCN(CC)c1ccc(C(=O)N(CC)c2ccccc2C)cc1. The molecule has 2 aromatic rings. The van der Waals surface area contributed by atoms with E-state index in [9.17, 15) is 4.79 Å². The van der Waals surface area contributed by atoms with E-state index in [-0.39, 0.29) is 5.91 Å². The van der Waals surface area contributed by atoms with Crippen LogP contribution in [0.1, 0.15) is 36.7 Å². The van der Waals surface area contributed by atoms with Gasteiger partial charge >= 0.3 is 0 Å². The quantitative estimate of drug-likeness (QED) is 0.784. The lowest BCUT2D eigenvalue weighted by atomic mass is 10.1. The summed E-state index contributed by atoms with van der Waals surface area (Å²) in [6, 6.07) is 15.9. The summed E-state index contributed by atoms with van der Waals surface area (Å²) in [5.41, 5.74) is 3.98. The summed E-state index contributed by atoms with van der Waals surface area (Å²) in [7, 11) is 0. The van der Waals surface area contributed by atoms with Gasteiger partial charge in [-0.1, -0.05) is 18.2 Å². The molecular weight excluding hydrogens is 284 g/mol. The molecule has 122 valence electrons. The van der Waals surface area contributed by atoms with Gasteiger partial charge in [-0.3, -0.25) is 4.79 Å². The Hall–Kier alpha value is -2.29. The first-order chi connectivity index (χ1) is 11.1. The number of carbonyl (C=O) groups excluding carboxylic acids is 1. The summed E-state index contributed by atoms with van der Waals surface area (Å²) in [5, 5.41) is 0. The van der Waals surface area contributed by atoms with Gasteiger partial charge in [0.05, 0.1) is 0 Å². The number of carbonyl (C=O) groups is 1. The Labute approximate surface area is 139 Å². The summed E-state index contributed by atoms with van der Waals surface area (Å²) in [6.45, 7) is 10.9. The molecule has 3 heteroatoms. The van der Waals surface area contributed by atoms with Gasteiger partial charge in [-0.05, 0) is 63.6 Å². The highest BCUT2D eigenvalue weighted by atomic mass is 16.2. The number of hydrogen-bond donors (Lipinski definition) is 0. The number of para-hydroxylation sites is 1. The molecule has 0 aliphatic heterocycles. The van der Waals surface area contributed by atoms with Crippen LogP contribution in [0.3, 0.4) is 0 Å². The predicted octanol–water partition coefficient (Wildman–Crippen LogP) is 4.51. The van der Waals surface area contributed by atoms with Crippen molar-refractivity contribution in [2.45, 2.75) is 27.7 Å². The zero-order valence-corrected chi connectivity index (χ0v) is 14.5. The van der Waals surface area contributed by atoms with E-state index < -0.39 is 0 Å². The van der Waals surface area contributed by atoms with Crippen molar-refractivity contribution in [1.82, 2.24) is 0 Å². The molecule has 0 aromatic heterocycles. The van der Waals surface area contributed by atoms with E-state index in [0.29, 0.717) is 6.54 Å². The topological polar surface area (TPSA) is 23.6 Å². The van der Waals surface area contributed by atoms with E-state index in [1.807, 2.05) is 67.3 Å². The maximum absolute atomic E-state index is 12.9. The Morgan fingerprint density at radius 1 is 0.870 bits per heavy atom. The summed E-state index contributed by atoms with van der Waals surface area (Å²) >= 11 is 0. The van der Waals surface area contributed by atoms with Crippen molar-refractivity contribution in [3.63, 3.8) is 0 Å². The van der Waals surface area contributed by atoms with Crippen molar-refractivity contribution in [3.8, 4) is 0 Å². The van der Waals surface area contributed by atoms with Crippen LogP contribution in [0.25, 0.3) is 0 Å². The molecule has 0 aliphatic carbocycles. The van der Waals surface area contributed by atoms with Crippen LogP contribution in [0.5, 0.6) is 0 Å². The molecule has 0 fully saturated rings. The zero-order chi connectivity index (χ0) is 16.8. The Bertz CT molecular complexity index is 645. The first kappa shape index (κ1) is 17.1. The van der Waals surface area contributed by atoms with Gasteiger partial charge in [0, 0.05) is 36.6 Å². The lowest BCUT2D eigenvalue weighted by Crippen LogP contribution is -2.31. The molecule has 1 amide bonds. The molecule has 3 nitrogen and oxygen atoms in total. The van der Waals surface area contributed by atoms with Gasteiger partial charge in [0.25, 0.3) is 5.91 Å². The number of benzene rings is 2. The molecule has 2 rings (SSSR count). The lowest BCUT2D eigenvalue weighted by Gasteiger charge is -2.24. The first-order valence-electron chi connectivity index (χ1n) is 8.34. The maximum Gasteiger partial charge on any atom is 0.258 e. The largest absolute Gasteiger partial charge is 0.372 e. The van der Waals surface area contributed by atoms with Crippen molar-refractivity contribution in [1.29, 1.82) is 0 Å². The molecule has 2 aromatic carbocycles. The molecule has 0 saturated carbocycles. The molecule has 0 heterocycles. The average molecular weight is 310 g/mol. The molecule has 0 saturated heterocycles. The Morgan fingerprint density at radius 2 is 1.48 bits per heavy atom. The fourth-order valence-corrected chi connectivity index (χ4v) is 2.85. The zero-order valence-electron chi connectivity index (χ0n) is 14.5. The van der Waals surface area contributed by atoms with Crippen LogP contribution in [0.4, 0.5) is 11.4 Å². The van der Waals surface area contributed by atoms with Crippen LogP contribution in [-0.4, -0.2) is 25.5 Å². The fraction of sp³-hybridized carbons (Fsp3) is 0.350.